The Bertz CT molecular complexity index is 571. The van der Waals surface area contributed by atoms with Gasteiger partial charge in [-0.3, -0.25) is 4.79 Å². The molecule has 1 aromatic rings. The summed E-state index contributed by atoms with van der Waals surface area (Å²) in [5.41, 5.74) is 1.60. The van der Waals surface area contributed by atoms with Gasteiger partial charge in [-0.25, -0.2) is 9.78 Å². The molecule has 2 N–H and O–H groups in total. The number of hydrogen-bond donors (Lipinski definition) is 2. The minimum atomic E-state index is -0.964. The number of carboxylic acid groups (broad SMARTS) is 1. The Hall–Kier alpha value is -1.54. The average molecular weight is 338 g/mol. The van der Waals surface area contributed by atoms with Crippen molar-refractivity contribution in [2.45, 2.75) is 31.8 Å². The molecule has 0 saturated carbocycles. The van der Waals surface area contributed by atoms with E-state index in [1.54, 1.807) is 18.1 Å². The summed E-state index contributed by atoms with van der Waals surface area (Å²) in [6, 6.07) is -0.808. The number of aliphatic carboxylic acids is 1. The number of nitrogens with one attached hydrogen (secondary N) is 1. The Morgan fingerprint density at radius 2 is 2.17 bits per heavy atom. The lowest BCUT2D eigenvalue weighted by molar-refractivity contribution is -0.150. The highest BCUT2D eigenvalue weighted by molar-refractivity contribution is 7.99. The van der Waals surface area contributed by atoms with E-state index in [1.165, 1.54) is 17.7 Å². The summed E-state index contributed by atoms with van der Waals surface area (Å²) >= 11 is 1.59. The summed E-state index contributed by atoms with van der Waals surface area (Å²) < 4.78 is 0. The van der Waals surface area contributed by atoms with Crippen LogP contribution in [-0.2, 0) is 22.6 Å². The fraction of sp³-hybridized carbons (Fsp3) is 0.667. The van der Waals surface area contributed by atoms with Gasteiger partial charge >= 0.3 is 5.97 Å². The molecule has 1 saturated heterocycles. The SMILES string of the molecule is O=C(O)[C@H]1Cc2nc[nH]c2CN1C(=O)CSCCN1CCCC1. The number of nitrogens with zero attached hydrogens (tertiary/aromatic N) is 3. The summed E-state index contributed by atoms with van der Waals surface area (Å²) in [5, 5.41) is 9.39. The number of aromatic nitrogens is 2. The molecule has 0 bridgehead atoms. The van der Waals surface area contributed by atoms with Gasteiger partial charge in [0.25, 0.3) is 0 Å². The lowest BCUT2D eigenvalue weighted by atomic mass is 10.0. The third kappa shape index (κ3) is 3.87. The van der Waals surface area contributed by atoms with Crippen molar-refractivity contribution in [3.8, 4) is 0 Å². The van der Waals surface area contributed by atoms with Crippen molar-refractivity contribution in [2.75, 3.05) is 31.1 Å². The molecule has 2 aliphatic heterocycles. The number of H-pyrrole nitrogens is 1. The van der Waals surface area contributed by atoms with Gasteiger partial charge in [-0.15, -0.1) is 0 Å². The van der Waals surface area contributed by atoms with E-state index in [1.807, 2.05) is 0 Å². The second kappa shape index (κ2) is 7.35. The number of amides is 1. The molecule has 0 radical (unpaired) electrons. The Morgan fingerprint density at radius 1 is 1.39 bits per heavy atom. The van der Waals surface area contributed by atoms with E-state index in [9.17, 15) is 14.7 Å². The molecule has 0 spiro atoms. The summed E-state index contributed by atoms with van der Waals surface area (Å²) in [4.78, 5) is 34.9. The summed E-state index contributed by atoms with van der Waals surface area (Å²) in [5.74, 6) is 0.173. The first-order valence-corrected chi connectivity index (χ1v) is 9.14. The number of hydrogen-bond acceptors (Lipinski definition) is 5. The van der Waals surface area contributed by atoms with Gasteiger partial charge in [0.05, 0.1) is 30.0 Å². The summed E-state index contributed by atoms with van der Waals surface area (Å²) in [6.45, 7) is 3.62. The highest BCUT2D eigenvalue weighted by Gasteiger charge is 2.35. The van der Waals surface area contributed by atoms with Crippen molar-refractivity contribution in [2.24, 2.45) is 0 Å². The zero-order chi connectivity index (χ0) is 16.2. The van der Waals surface area contributed by atoms with Gasteiger partial charge in [0.15, 0.2) is 0 Å². The number of imidazole rings is 1. The maximum Gasteiger partial charge on any atom is 0.326 e. The number of carbonyl (C=O) groups excluding carboxylic acids is 1. The molecule has 3 rings (SSSR count). The van der Waals surface area contributed by atoms with Gasteiger partial charge < -0.3 is 19.9 Å². The lowest BCUT2D eigenvalue weighted by Gasteiger charge is -2.32. The van der Waals surface area contributed by atoms with Crippen LogP contribution >= 0.6 is 11.8 Å². The molecule has 1 fully saturated rings. The van der Waals surface area contributed by atoms with Gasteiger partial charge in [0.2, 0.25) is 5.91 Å². The number of fused-ring (bicyclic) bond motifs is 1. The predicted octanol–water partition coefficient (Wildman–Crippen LogP) is 0.577. The molecule has 1 amide bonds. The fourth-order valence-electron chi connectivity index (χ4n) is 3.16. The first-order chi connectivity index (χ1) is 11.1. The number of carbonyl (C=O) groups is 2. The molecular formula is C15H22N4O3S. The molecule has 126 valence electrons. The van der Waals surface area contributed by atoms with Crippen LogP contribution in [0.4, 0.5) is 0 Å². The van der Waals surface area contributed by atoms with Crippen molar-refractivity contribution in [1.82, 2.24) is 19.8 Å². The van der Waals surface area contributed by atoms with Gasteiger partial charge in [0.1, 0.15) is 6.04 Å². The van der Waals surface area contributed by atoms with Crippen LogP contribution in [-0.4, -0.2) is 73.9 Å². The van der Waals surface area contributed by atoms with Crippen molar-refractivity contribution < 1.29 is 14.7 Å². The van der Waals surface area contributed by atoms with E-state index in [0.717, 1.165) is 36.8 Å². The van der Waals surface area contributed by atoms with Crippen LogP contribution in [0.1, 0.15) is 24.2 Å². The maximum atomic E-state index is 12.4. The van der Waals surface area contributed by atoms with Crippen molar-refractivity contribution >= 4 is 23.6 Å². The van der Waals surface area contributed by atoms with Crippen LogP contribution in [0.2, 0.25) is 0 Å². The molecule has 7 nitrogen and oxygen atoms in total. The summed E-state index contributed by atoms with van der Waals surface area (Å²) in [7, 11) is 0. The molecule has 0 aromatic carbocycles. The molecule has 0 aliphatic carbocycles. The first kappa shape index (κ1) is 16.3. The van der Waals surface area contributed by atoms with Crippen LogP contribution in [0.25, 0.3) is 0 Å². The standard InChI is InChI=1S/C15H22N4O3S/c20-14(9-23-6-5-18-3-1-2-4-18)19-8-12-11(16-10-17-12)7-13(19)15(21)22/h10,13H,1-9H2,(H,16,17)(H,21,22)/t13-/m1/s1. The van der Waals surface area contributed by atoms with Gasteiger partial charge in [-0.2, -0.15) is 11.8 Å². The zero-order valence-electron chi connectivity index (χ0n) is 13.0. The minimum absolute atomic E-state index is 0.107. The van der Waals surface area contributed by atoms with Gasteiger partial charge in [-0.1, -0.05) is 0 Å². The van der Waals surface area contributed by atoms with E-state index in [2.05, 4.69) is 14.9 Å². The second-order valence-electron chi connectivity index (χ2n) is 6.01. The Morgan fingerprint density at radius 3 is 2.91 bits per heavy atom. The average Bonchev–Trinajstić information content (AvgIpc) is 3.20. The van der Waals surface area contributed by atoms with E-state index in [4.69, 9.17) is 0 Å². The first-order valence-electron chi connectivity index (χ1n) is 7.98. The summed E-state index contributed by atoms with van der Waals surface area (Å²) in [6.07, 6.45) is 4.37. The molecular weight excluding hydrogens is 316 g/mol. The molecule has 23 heavy (non-hydrogen) atoms. The molecule has 1 atom stereocenters. The second-order valence-corrected chi connectivity index (χ2v) is 7.11. The largest absolute Gasteiger partial charge is 0.480 e. The zero-order valence-corrected chi connectivity index (χ0v) is 13.8. The van der Waals surface area contributed by atoms with Crippen LogP contribution in [0.15, 0.2) is 6.33 Å². The monoisotopic (exact) mass is 338 g/mol. The van der Waals surface area contributed by atoms with Gasteiger partial charge in [-0.05, 0) is 25.9 Å². The number of thioether (sulfide) groups is 1. The van der Waals surface area contributed by atoms with E-state index < -0.39 is 12.0 Å². The van der Waals surface area contributed by atoms with Crippen molar-refractivity contribution in [1.29, 1.82) is 0 Å². The molecule has 3 heterocycles. The van der Waals surface area contributed by atoms with Crippen LogP contribution < -0.4 is 0 Å². The minimum Gasteiger partial charge on any atom is -0.480 e. The number of aromatic amines is 1. The molecule has 1 aromatic heterocycles. The molecule has 2 aliphatic rings. The van der Waals surface area contributed by atoms with Crippen LogP contribution in [0.5, 0.6) is 0 Å². The topological polar surface area (TPSA) is 89.5 Å². The highest BCUT2D eigenvalue weighted by Crippen LogP contribution is 2.22. The highest BCUT2D eigenvalue weighted by atomic mass is 32.2. The predicted molar refractivity (Wildman–Crippen MR) is 87.3 cm³/mol. The smallest absolute Gasteiger partial charge is 0.326 e. The lowest BCUT2D eigenvalue weighted by Crippen LogP contribution is -2.49. The normalized spacial score (nSPS) is 21.4. The Balaban J connectivity index is 1.51. The van der Waals surface area contributed by atoms with Crippen molar-refractivity contribution in [3.05, 3.63) is 17.7 Å². The number of rotatable bonds is 6. The number of carboxylic acids is 1. The molecule has 0 unspecified atom stereocenters. The van der Waals surface area contributed by atoms with E-state index in [0.29, 0.717) is 12.3 Å². The van der Waals surface area contributed by atoms with Crippen LogP contribution in [0, 0.1) is 0 Å². The van der Waals surface area contributed by atoms with Crippen LogP contribution in [0.3, 0.4) is 0 Å². The Kier molecular flexibility index (Phi) is 5.22. The quantitative estimate of drug-likeness (QED) is 0.738. The molecule has 8 heteroatoms. The third-order valence-corrected chi connectivity index (χ3v) is 5.40. The van der Waals surface area contributed by atoms with Crippen molar-refractivity contribution in [3.63, 3.8) is 0 Å². The van der Waals surface area contributed by atoms with E-state index in [-0.39, 0.29) is 12.3 Å². The van der Waals surface area contributed by atoms with E-state index >= 15 is 0 Å². The fourth-order valence-corrected chi connectivity index (χ4v) is 4.03. The van der Waals surface area contributed by atoms with Gasteiger partial charge in [0, 0.05) is 18.7 Å². The number of likely N-dealkylation sites (tertiary alicyclic amines) is 1. The Labute approximate surface area is 139 Å². The maximum absolute atomic E-state index is 12.4. The third-order valence-electron chi connectivity index (χ3n) is 4.48.